The molecule has 1 fully saturated rings. The number of nitrogens with zero attached hydrogens (tertiary/aromatic N) is 4. The van der Waals surface area contributed by atoms with Crippen molar-refractivity contribution < 1.29 is 19.1 Å². The molecule has 1 aromatic heterocycles. The first kappa shape index (κ1) is 21.9. The Bertz CT molecular complexity index is 1030. The number of aromatic nitrogens is 2. The van der Waals surface area contributed by atoms with Gasteiger partial charge in [-0.1, -0.05) is 12.1 Å². The maximum atomic E-state index is 13.1. The summed E-state index contributed by atoms with van der Waals surface area (Å²) in [6.07, 6.45) is 3.77. The lowest BCUT2D eigenvalue weighted by molar-refractivity contribution is 0.0527. The molecule has 1 aromatic carbocycles. The van der Waals surface area contributed by atoms with Crippen LogP contribution in [0.1, 0.15) is 58.3 Å². The number of hydrogen-bond donors (Lipinski definition) is 1. The van der Waals surface area contributed by atoms with E-state index in [9.17, 15) is 14.4 Å². The molecule has 4 rings (SSSR count). The summed E-state index contributed by atoms with van der Waals surface area (Å²) in [5.74, 6) is -0.539. The Morgan fingerprint density at radius 2 is 1.81 bits per heavy atom. The van der Waals surface area contributed by atoms with Crippen molar-refractivity contribution in [1.82, 2.24) is 19.6 Å². The van der Waals surface area contributed by atoms with Crippen LogP contribution in [0.4, 0.5) is 10.5 Å². The summed E-state index contributed by atoms with van der Waals surface area (Å²) < 4.78 is 6.85. The van der Waals surface area contributed by atoms with Crippen molar-refractivity contribution in [3.05, 3.63) is 46.8 Å². The molecule has 0 spiro atoms. The van der Waals surface area contributed by atoms with Gasteiger partial charge in [-0.25, -0.2) is 9.59 Å². The molecule has 3 heterocycles. The number of fused-ring (bicyclic) bond motifs is 1. The van der Waals surface area contributed by atoms with Crippen molar-refractivity contribution in [2.45, 2.75) is 39.2 Å². The van der Waals surface area contributed by atoms with Gasteiger partial charge in [-0.05, 0) is 38.3 Å². The zero-order valence-corrected chi connectivity index (χ0v) is 18.6. The van der Waals surface area contributed by atoms with Crippen LogP contribution in [0.15, 0.2) is 24.3 Å². The van der Waals surface area contributed by atoms with E-state index in [2.05, 4.69) is 10.4 Å². The summed E-state index contributed by atoms with van der Waals surface area (Å²) in [6, 6.07) is 6.45. The molecular weight excluding hydrogens is 410 g/mol. The van der Waals surface area contributed by atoms with Gasteiger partial charge in [0.25, 0.3) is 5.91 Å². The second-order valence-corrected chi connectivity index (χ2v) is 8.12. The summed E-state index contributed by atoms with van der Waals surface area (Å²) in [6.45, 7) is 4.28. The van der Waals surface area contributed by atoms with E-state index in [0.29, 0.717) is 36.5 Å². The second-order valence-electron chi connectivity index (χ2n) is 8.12. The van der Waals surface area contributed by atoms with Crippen LogP contribution in [0, 0.1) is 0 Å². The third kappa shape index (κ3) is 4.32. The van der Waals surface area contributed by atoms with Gasteiger partial charge < -0.3 is 19.9 Å². The number of nitrogens with one attached hydrogen (secondary N) is 1. The topological polar surface area (TPSA) is 96.8 Å². The fourth-order valence-electron chi connectivity index (χ4n) is 4.36. The van der Waals surface area contributed by atoms with Gasteiger partial charge in [-0.3, -0.25) is 9.48 Å². The van der Waals surface area contributed by atoms with Crippen LogP contribution in [0.3, 0.4) is 0 Å². The van der Waals surface area contributed by atoms with Gasteiger partial charge in [0.15, 0.2) is 5.69 Å². The first-order chi connectivity index (χ1) is 15.5. The molecule has 0 saturated carbocycles. The highest BCUT2D eigenvalue weighted by Crippen LogP contribution is 2.25. The Hall–Kier alpha value is -3.36. The number of benzene rings is 1. The number of esters is 1. The number of anilines is 1. The Morgan fingerprint density at radius 1 is 1.06 bits per heavy atom. The molecule has 0 atom stereocenters. The molecule has 1 N–H and O–H groups in total. The molecule has 3 amide bonds. The predicted molar refractivity (Wildman–Crippen MR) is 118 cm³/mol. The molecular formula is C23H29N5O4. The molecule has 0 radical (unpaired) electrons. The van der Waals surface area contributed by atoms with Crippen molar-refractivity contribution in [2.75, 3.05) is 31.6 Å². The number of rotatable bonds is 4. The fourth-order valence-corrected chi connectivity index (χ4v) is 4.36. The first-order valence-corrected chi connectivity index (χ1v) is 11.2. The third-order valence-corrected chi connectivity index (χ3v) is 6.04. The lowest BCUT2D eigenvalue weighted by Crippen LogP contribution is -2.40. The van der Waals surface area contributed by atoms with Crippen LogP contribution >= 0.6 is 0 Å². The highest BCUT2D eigenvalue weighted by Gasteiger charge is 2.32. The van der Waals surface area contributed by atoms with E-state index in [1.807, 2.05) is 11.9 Å². The standard InChI is InChI=1S/C23H29N5O4/c1-3-32-22(30)16-9-5-6-10-18(16)24-23(31)28-14-11-19-17(15-28)20(25-26(19)2)21(29)27-12-7-4-8-13-27/h5-6,9-10H,3-4,7-8,11-15H2,1-2H3,(H,24,31). The van der Waals surface area contributed by atoms with E-state index in [1.165, 1.54) is 0 Å². The third-order valence-electron chi connectivity index (χ3n) is 6.04. The van der Waals surface area contributed by atoms with Gasteiger partial charge >= 0.3 is 12.0 Å². The monoisotopic (exact) mass is 439 g/mol. The van der Waals surface area contributed by atoms with Crippen molar-refractivity contribution in [3.63, 3.8) is 0 Å². The van der Waals surface area contributed by atoms with Crippen LogP contribution in [0.5, 0.6) is 0 Å². The number of aryl methyl sites for hydroxylation is 1. The number of amides is 3. The minimum Gasteiger partial charge on any atom is -0.462 e. The number of likely N-dealkylation sites (tertiary alicyclic amines) is 1. The van der Waals surface area contributed by atoms with Crippen molar-refractivity contribution in [2.24, 2.45) is 7.05 Å². The Balaban J connectivity index is 1.52. The zero-order chi connectivity index (χ0) is 22.7. The van der Waals surface area contributed by atoms with Gasteiger partial charge in [-0.2, -0.15) is 5.10 Å². The Labute approximate surface area is 187 Å². The van der Waals surface area contributed by atoms with Crippen LogP contribution in [0.2, 0.25) is 0 Å². The zero-order valence-electron chi connectivity index (χ0n) is 18.6. The normalized spacial score (nSPS) is 15.8. The van der Waals surface area contributed by atoms with Crippen LogP contribution in [-0.4, -0.2) is 63.7 Å². The summed E-state index contributed by atoms with van der Waals surface area (Å²) in [5, 5.41) is 7.34. The van der Waals surface area contributed by atoms with Crippen LogP contribution in [-0.2, 0) is 24.8 Å². The van der Waals surface area contributed by atoms with Crippen molar-refractivity contribution in [1.29, 1.82) is 0 Å². The van der Waals surface area contributed by atoms with Crippen LogP contribution in [0.25, 0.3) is 0 Å². The predicted octanol–water partition coefficient (Wildman–Crippen LogP) is 2.81. The van der Waals surface area contributed by atoms with Crippen molar-refractivity contribution >= 4 is 23.6 Å². The number of urea groups is 1. The molecule has 2 aliphatic heterocycles. The van der Waals surface area contributed by atoms with E-state index < -0.39 is 5.97 Å². The maximum absolute atomic E-state index is 13.1. The largest absolute Gasteiger partial charge is 0.462 e. The van der Waals surface area contributed by atoms with E-state index in [4.69, 9.17) is 4.74 Å². The van der Waals surface area contributed by atoms with Gasteiger partial charge in [0.05, 0.1) is 24.4 Å². The molecule has 170 valence electrons. The quantitative estimate of drug-likeness (QED) is 0.739. The van der Waals surface area contributed by atoms with E-state index >= 15 is 0 Å². The van der Waals surface area contributed by atoms with E-state index in [1.54, 1.807) is 40.8 Å². The molecule has 2 aromatic rings. The minimum absolute atomic E-state index is 0.0588. The second kappa shape index (κ2) is 9.42. The molecule has 0 bridgehead atoms. The molecule has 0 aliphatic carbocycles. The van der Waals surface area contributed by atoms with Crippen molar-refractivity contribution in [3.8, 4) is 0 Å². The molecule has 1 saturated heterocycles. The molecule has 32 heavy (non-hydrogen) atoms. The summed E-state index contributed by atoms with van der Waals surface area (Å²) in [4.78, 5) is 41.9. The lowest BCUT2D eigenvalue weighted by Gasteiger charge is -2.29. The highest BCUT2D eigenvalue weighted by atomic mass is 16.5. The smallest absolute Gasteiger partial charge is 0.340 e. The maximum Gasteiger partial charge on any atom is 0.340 e. The number of ether oxygens (including phenoxy) is 1. The SMILES string of the molecule is CCOC(=O)c1ccccc1NC(=O)N1CCc2c(c(C(=O)N3CCCCC3)nn2C)C1. The summed E-state index contributed by atoms with van der Waals surface area (Å²) in [7, 11) is 1.84. The van der Waals surface area contributed by atoms with Gasteiger partial charge in [0.1, 0.15) is 0 Å². The Morgan fingerprint density at radius 3 is 2.56 bits per heavy atom. The number of carbonyl (C=O) groups is 3. The number of carbonyl (C=O) groups excluding carboxylic acids is 3. The Kier molecular flexibility index (Phi) is 6.43. The van der Waals surface area contributed by atoms with Gasteiger partial charge in [0.2, 0.25) is 0 Å². The molecule has 9 heteroatoms. The lowest BCUT2D eigenvalue weighted by atomic mass is 10.0. The molecule has 2 aliphatic rings. The number of para-hydroxylation sites is 1. The van der Waals surface area contributed by atoms with Gasteiger partial charge in [0, 0.05) is 44.4 Å². The first-order valence-electron chi connectivity index (χ1n) is 11.2. The fraction of sp³-hybridized carbons (Fsp3) is 0.478. The molecule has 9 nitrogen and oxygen atoms in total. The van der Waals surface area contributed by atoms with Gasteiger partial charge in [-0.15, -0.1) is 0 Å². The van der Waals surface area contributed by atoms with E-state index in [0.717, 1.165) is 43.6 Å². The minimum atomic E-state index is -0.481. The highest BCUT2D eigenvalue weighted by molar-refractivity contribution is 6.01. The molecule has 0 unspecified atom stereocenters. The average Bonchev–Trinajstić information content (AvgIpc) is 3.15. The number of hydrogen-bond acceptors (Lipinski definition) is 5. The number of piperidine rings is 1. The van der Waals surface area contributed by atoms with Crippen LogP contribution < -0.4 is 5.32 Å². The average molecular weight is 440 g/mol. The summed E-state index contributed by atoms with van der Waals surface area (Å²) >= 11 is 0. The van der Waals surface area contributed by atoms with E-state index in [-0.39, 0.29) is 18.5 Å². The summed E-state index contributed by atoms with van der Waals surface area (Å²) in [5.41, 5.74) is 2.94.